The monoisotopic (exact) mass is 327 g/mol. The van der Waals surface area contributed by atoms with Gasteiger partial charge in [0, 0.05) is 17.6 Å². The number of aromatic hydroxyl groups is 1. The average molecular weight is 327 g/mol. The molecule has 1 aliphatic rings. The van der Waals surface area contributed by atoms with Gasteiger partial charge in [0.25, 0.3) is 5.91 Å². The van der Waals surface area contributed by atoms with Crippen molar-refractivity contribution in [1.29, 1.82) is 0 Å². The van der Waals surface area contributed by atoms with Gasteiger partial charge in [-0.15, -0.1) is 0 Å². The Labute approximate surface area is 141 Å². The van der Waals surface area contributed by atoms with E-state index in [1.165, 1.54) is 12.1 Å². The first-order valence-electron chi connectivity index (χ1n) is 8.41. The maximum atomic E-state index is 13.0. The van der Waals surface area contributed by atoms with Crippen LogP contribution in [-0.4, -0.2) is 28.0 Å². The Hall–Kier alpha value is -2.36. The topological polar surface area (TPSA) is 40.5 Å². The van der Waals surface area contributed by atoms with Crippen molar-refractivity contribution in [2.24, 2.45) is 0 Å². The molecule has 1 amide bonds. The van der Waals surface area contributed by atoms with Crippen molar-refractivity contribution in [3.05, 3.63) is 65.5 Å². The van der Waals surface area contributed by atoms with E-state index in [2.05, 4.69) is 6.92 Å². The highest BCUT2D eigenvalue weighted by Crippen LogP contribution is 2.29. The number of likely N-dealkylation sites (tertiary alicyclic amines) is 1. The summed E-state index contributed by atoms with van der Waals surface area (Å²) in [6.07, 6.45) is 3.70. The Morgan fingerprint density at radius 1 is 1.12 bits per heavy atom. The fourth-order valence-corrected chi connectivity index (χ4v) is 3.46. The third-order valence-electron chi connectivity index (χ3n) is 4.81. The molecule has 0 spiro atoms. The van der Waals surface area contributed by atoms with Gasteiger partial charge in [-0.3, -0.25) is 4.79 Å². The van der Waals surface area contributed by atoms with E-state index in [0.717, 1.165) is 31.2 Å². The molecule has 0 aliphatic carbocycles. The SMILES string of the molecule is C[C@@H]1CC[C@H](CCc2ccc(F)cc2)N1C(=O)c1ccc(O)cc1. The highest BCUT2D eigenvalue weighted by atomic mass is 19.1. The number of amides is 1. The van der Waals surface area contributed by atoms with Crippen LogP contribution in [0.25, 0.3) is 0 Å². The molecule has 0 unspecified atom stereocenters. The lowest BCUT2D eigenvalue weighted by Crippen LogP contribution is -2.40. The maximum Gasteiger partial charge on any atom is 0.254 e. The van der Waals surface area contributed by atoms with Crippen LogP contribution in [-0.2, 0) is 6.42 Å². The number of benzene rings is 2. The van der Waals surface area contributed by atoms with Crippen molar-refractivity contribution in [1.82, 2.24) is 4.90 Å². The zero-order valence-corrected chi connectivity index (χ0v) is 13.8. The fraction of sp³-hybridized carbons (Fsp3) is 0.350. The lowest BCUT2D eigenvalue weighted by molar-refractivity contribution is 0.0673. The van der Waals surface area contributed by atoms with Gasteiger partial charge >= 0.3 is 0 Å². The molecule has 3 nitrogen and oxygen atoms in total. The number of carbonyl (C=O) groups is 1. The summed E-state index contributed by atoms with van der Waals surface area (Å²) in [7, 11) is 0. The van der Waals surface area contributed by atoms with E-state index in [9.17, 15) is 14.3 Å². The summed E-state index contributed by atoms with van der Waals surface area (Å²) in [6, 6.07) is 13.4. The molecule has 1 saturated heterocycles. The van der Waals surface area contributed by atoms with Crippen LogP contribution in [0.4, 0.5) is 4.39 Å². The number of phenolic OH excluding ortho intramolecular Hbond substituents is 1. The Bertz CT molecular complexity index is 697. The van der Waals surface area contributed by atoms with Crippen LogP contribution in [0.3, 0.4) is 0 Å². The van der Waals surface area contributed by atoms with Crippen LogP contribution < -0.4 is 0 Å². The summed E-state index contributed by atoms with van der Waals surface area (Å²) in [5.41, 5.74) is 1.70. The van der Waals surface area contributed by atoms with E-state index in [1.54, 1.807) is 36.4 Å². The van der Waals surface area contributed by atoms with Gasteiger partial charge in [-0.05, 0) is 74.6 Å². The van der Waals surface area contributed by atoms with Gasteiger partial charge in [0.1, 0.15) is 11.6 Å². The molecular formula is C20H22FNO2. The lowest BCUT2D eigenvalue weighted by atomic mass is 10.0. The van der Waals surface area contributed by atoms with Gasteiger partial charge in [0.05, 0.1) is 0 Å². The van der Waals surface area contributed by atoms with Gasteiger partial charge in [0.2, 0.25) is 0 Å². The zero-order chi connectivity index (χ0) is 17.1. The van der Waals surface area contributed by atoms with Crippen LogP contribution in [0.1, 0.15) is 42.1 Å². The predicted molar refractivity (Wildman–Crippen MR) is 91.5 cm³/mol. The molecule has 0 bridgehead atoms. The number of halogens is 1. The van der Waals surface area contributed by atoms with Crippen molar-refractivity contribution < 1.29 is 14.3 Å². The van der Waals surface area contributed by atoms with Gasteiger partial charge in [-0.1, -0.05) is 12.1 Å². The molecule has 24 heavy (non-hydrogen) atoms. The number of aryl methyl sites for hydroxylation is 1. The molecule has 0 aromatic heterocycles. The molecule has 1 heterocycles. The number of nitrogens with zero attached hydrogens (tertiary/aromatic N) is 1. The summed E-state index contributed by atoms with van der Waals surface area (Å²) >= 11 is 0. The highest BCUT2D eigenvalue weighted by Gasteiger charge is 2.34. The zero-order valence-electron chi connectivity index (χ0n) is 13.8. The van der Waals surface area contributed by atoms with E-state index < -0.39 is 0 Å². The van der Waals surface area contributed by atoms with Crippen molar-refractivity contribution >= 4 is 5.91 Å². The average Bonchev–Trinajstić information content (AvgIpc) is 2.95. The predicted octanol–water partition coefficient (Wildman–Crippen LogP) is 4.16. The summed E-state index contributed by atoms with van der Waals surface area (Å²) in [6.45, 7) is 2.08. The molecule has 3 rings (SSSR count). The Kier molecular flexibility index (Phi) is 4.84. The Balaban J connectivity index is 1.69. The van der Waals surface area contributed by atoms with Crippen LogP contribution >= 0.6 is 0 Å². The second-order valence-electron chi connectivity index (χ2n) is 6.50. The molecule has 2 atom stereocenters. The fourth-order valence-electron chi connectivity index (χ4n) is 3.46. The second-order valence-corrected chi connectivity index (χ2v) is 6.50. The summed E-state index contributed by atoms with van der Waals surface area (Å²) in [5.74, 6) is -0.0460. The molecular weight excluding hydrogens is 305 g/mol. The highest BCUT2D eigenvalue weighted by molar-refractivity contribution is 5.95. The first kappa shape index (κ1) is 16.5. The molecule has 2 aromatic carbocycles. The van der Waals surface area contributed by atoms with Gasteiger partial charge in [0.15, 0.2) is 0 Å². The van der Waals surface area contributed by atoms with E-state index in [0.29, 0.717) is 5.56 Å². The normalized spacial score (nSPS) is 20.3. The van der Waals surface area contributed by atoms with Gasteiger partial charge in [-0.25, -0.2) is 4.39 Å². The van der Waals surface area contributed by atoms with Crippen molar-refractivity contribution in [2.45, 2.75) is 44.7 Å². The minimum absolute atomic E-state index is 0.0177. The minimum atomic E-state index is -0.225. The number of hydrogen-bond donors (Lipinski definition) is 1. The lowest BCUT2D eigenvalue weighted by Gasteiger charge is -2.29. The largest absolute Gasteiger partial charge is 0.508 e. The van der Waals surface area contributed by atoms with E-state index >= 15 is 0 Å². The molecule has 2 aromatic rings. The standard InChI is InChI=1S/C20H22FNO2/c1-14-2-10-18(11-5-15-3-8-17(21)9-4-15)22(14)20(24)16-6-12-19(23)13-7-16/h3-4,6-9,12-14,18,23H,2,5,10-11H2,1H3/t14-,18-/m1/s1. The van der Waals surface area contributed by atoms with E-state index in [-0.39, 0.29) is 29.6 Å². The molecule has 1 fully saturated rings. The molecule has 1 aliphatic heterocycles. The third-order valence-corrected chi connectivity index (χ3v) is 4.81. The second kappa shape index (κ2) is 7.04. The van der Waals surface area contributed by atoms with Crippen molar-refractivity contribution in [2.75, 3.05) is 0 Å². The summed E-state index contributed by atoms with van der Waals surface area (Å²) in [4.78, 5) is 14.8. The van der Waals surface area contributed by atoms with Crippen molar-refractivity contribution in [3.8, 4) is 5.75 Å². The number of phenols is 1. The van der Waals surface area contributed by atoms with Crippen LogP contribution in [0.5, 0.6) is 5.75 Å². The number of hydrogen-bond acceptors (Lipinski definition) is 2. The molecule has 126 valence electrons. The number of rotatable bonds is 4. The number of carbonyl (C=O) groups excluding carboxylic acids is 1. The minimum Gasteiger partial charge on any atom is -0.508 e. The van der Waals surface area contributed by atoms with Crippen LogP contribution in [0.15, 0.2) is 48.5 Å². The molecule has 1 N–H and O–H groups in total. The Morgan fingerprint density at radius 3 is 2.46 bits per heavy atom. The van der Waals surface area contributed by atoms with E-state index in [4.69, 9.17) is 0 Å². The summed E-state index contributed by atoms with van der Waals surface area (Å²) in [5, 5.41) is 9.39. The molecule has 0 radical (unpaired) electrons. The first-order chi connectivity index (χ1) is 11.5. The van der Waals surface area contributed by atoms with Gasteiger partial charge in [-0.2, -0.15) is 0 Å². The Morgan fingerprint density at radius 2 is 1.79 bits per heavy atom. The van der Waals surface area contributed by atoms with Crippen LogP contribution in [0.2, 0.25) is 0 Å². The van der Waals surface area contributed by atoms with Crippen LogP contribution in [0, 0.1) is 5.82 Å². The quantitative estimate of drug-likeness (QED) is 0.916. The third kappa shape index (κ3) is 3.58. The maximum absolute atomic E-state index is 13.0. The van der Waals surface area contributed by atoms with Gasteiger partial charge < -0.3 is 10.0 Å². The first-order valence-corrected chi connectivity index (χ1v) is 8.41. The van der Waals surface area contributed by atoms with E-state index in [1.807, 2.05) is 4.90 Å². The summed E-state index contributed by atoms with van der Waals surface area (Å²) < 4.78 is 13.0. The molecule has 0 saturated carbocycles. The molecule has 4 heteroatoms. The smallest absolute Gasteiger partial charge is 0.254 e. The van der Waals surface area contributed by atoms with Crippen molar-refractivity contribution in [3.63, 3.8) is 0 Å².